The Kier molecular flexibility index (Phi) is 6.49. The second kappa shape index (κ2) is 10.8. The van der Waals surface area contributed by atoms with Crippen LogP contribution in [0.25, 0.3) is 60.8 Å². The van der Waals surface area contributed by atoms with Gasteiger partial charge in [0, 0.05) is 41.6 Å². The lowest BCUT2D eigenvalue weighted by atomic mass is 10.00. The molecule has 1 aliphatic rings. The van der Waals surface area contributed by atoms with E-state index in [4.69, 9.17) is 4.98 Å². The number of rotatable bonds is 3. The molecule has 0 radical (unpaired) electrons. The van der Waals surface area contributed by atoms with Crippen molar-refractivity contribution in [2.24, 2.45) is 0 Å². The van der Waals surface area contributed by atoms with Crippen molar-refractivity contribution in [2.75, 3.05) is 0 Å². The summed E-state index contributed by atoms with van der Waals surface area (Å²) in [5, 5.41) is 4.13. The molecule has 0 unspecified atom stereocenters. The van der Waals surface area contributed by atoms with E-state index in [1.807, 2.05) is 28.8 Å². The minimum atomic E-state index is -4.42. The topological polar surface area (TPSA) is 17.8 Å². The summed E-state index contributed by atoms with van der Waals surface area (Å²) >= 11 is 3.59. The molecule has 8 aromatic rings. The molecule has 2 nitrogen and oxygen atoms in total. The summed E-state index contributed by atoms with van der Waals surface area (Å²) < 4.78 is 42.7. The third kappa shape index (κ3) is 4.64. The number of imidazole rings is 1. The first kappa shape index (κ1) is 28.3. The quantitative estimate of drug-likeness (QED) is 0.177. The fraction of sp³-hybridized carbons (Fsp3) is 0.0250. The molecule has 0 saturated heterocycles. The van der Waals surface area contributed by atoms with Crippen molar-refractivity contribution in [1.82, 2.24) is 9.55 Å². The highest BCUT2D eigenvalue weighted by Gasteiger charge is 2.30. The van der Waals surface area contributed by atoms with Crippen LogP contribution in [0, 0.1) is 0 Å². The SMILES string of the molecule is FC(F)(F)c1ccc(-n2c(-c3ccc(-c4cccc5c4Sc4ccccc4S5)cc3)nc3c4ccccc4c4ccccc4c32)cc1. The molecule has 7 heteroatoms. The summed E-state index contributed by atoms with van der Waals surface area (Å²) in [6.07, 6.45) is -4.42. The van der Waals surface area contributed by atoms with Gasteiger partial charge in [0.2, 0.25) is 0 Å². The molecule has 0 fully saturated rings. The molecule has 9 rings (SSSR count). The molecule has 0 N–H and O–H groups in total. The number of benzene rings is 7. The molecule has 1 aromatic heterocycles. The first-order valence-electron chi connectivity index (χ1n) is 15.1. The minimum Gasteiger partial charge on any atom is -0.292 e. The van der Waals surface area contributed by atoms with Gasteiger partial charge in [0.05, 0.1) is 16.6 Å². The van der Waals surface area contributed by atoms with E-state index in [0.29, 0.717) is 11.5 Å². The van der Waals surface area contributed by atoms with Crippen LogP contribution in [-0.2, 0) is 6.18 Å². The van der Waals surface area contributed by atoms with Crippen molar-refractivity contribution in [3.8, 4) is 28.2 Å². The fourth-order valence-electron chi connectivity index (χ4n) is 6.52. The third-order valence-electron chi connectivity index (χ3n) is 8.70. The summed E-state index contributed by atoms with van der Waals surface area (Å²) in [6.45, 7) is 0. The van der Waals surface area contributed by atoms with Crippen LogP contribution in [0.3, 0.4) is 0 Å². The number of aromatic nitrogens is 2. The fourth-order valence-corrected chi connectivity index (χ4v) is 8.93. The molecular formula is C40H23F3N2S2. The van der Waals surface area contributed by atoms with Crippen molar-refractivity contribution < 1.29 is 13.2 Å². The maximum Gasteiger partial charge on any atom is 0.416 e. The van der Waals surface area contributed by atoms with Gasteiger partial charge in [-0.2, -0.15) is 13.2 Å². The van der Waals surface area contributed by atoms with Gasteiger partial charge in [-0.15, -0.1) is 0 Å². The number of fused-ring (bicyclic) bond motifs is 8. The average Bonchev–Trinajstić information content (AvgIpc) is 3.52. The predicted octanol–water partition coefficient (Wildman–Crippen LogP) is 12.3. The van der Waals surface area contributed by atoms with Crippen molar-refractivity contribution >= 4 is 56.1 Å². The van der Waals surface area contributed by atoms with Gasteiger partial charge in [0.15, 0.2) is 0 Å². The lowest BCUT2D eigenvalue weighted by molar-refractivity contribution is -0.137. The Morgan fingerprint density at radius 2 is 1.09 bits per heavy atom. The van der Waals surface area contributed by atoms with Crippen molar-refractivity contribution in [3.05, 3.63) is 145 Å². The Balaban J connectivity index is 1.24. The lowest BCUT2D eigenvalue weighted by Crippen LogP contribution is -2.05. The van der Waals surface area contributed by atoms with Gasteiger partial charge in [-0.1, -0.05) is 121 Å². The van der Waals surface area contributed by atoms with Gasteiger partial charge < -0.3 is 0 Å². The van der Waals surface area contributed by atoms with E-state index in [9.17, 15) is 13.2 Å². The molecule has 0 amide bonds. The zero-order valence-electron chi connectivity index (χ0n) is 24.6. The number of alkyl halides is 3. The molecule has 0 bridgehead atoms. The van der Waals surface area contributed by atoms with E-state index in [2.05, 4.69) is 91.0 Å². The molecule has 47 heavy (non-hydrogen) atoms. The van der Waals surface area contributed by atoms with Crippen LogP contribution in [0.15, 0.2) is 159 Å². The van der Waals surface area contributed by atoms with Crippen LogP contribution in [-0.4, -0.2) is 9.55 Å². The number of halogens is 3. The highest BCUT2D eigenvalue weighted by Crippen LogP contribution is 2.51. The molecule has 0 spiro atoms. The van der Waals surface area contributed by atoms with Crippen molar-refractivity contribution in [3.63, 3.8) is 0 Å². The highest BCUT2D eigenvalue weighted by atomic mass is 32.2. The van der Waals surface area contributed by atoms with E-state index in [-0.39, 0.29) is 0 Å². The molecule has 0 aliphatic carbocycles. The first-order valence-corrected chi connectivity index (χ1v) is 16.8. The van der Waals surface area contributed by atoms with Crippen molar-refractivity contribution in [2.45, 2.75) is 25.8 Å². The average molecular weight is 653 g/mol. The van der Waals surface area contributed by atoms with Crippen LogP contribution in [0.2, 0.25) is 0 Å². The van der Waals surface area contributed by atoms with E-state index in [1.54, 1.807) is 23.5 Å². The van der Waals surface area contributed by atoms with Crippen LogP contribution in [0.1, 0.15) is 5.56 Å². The molecule has 0 saturated carbocycles. The van der Waals surface area contributed by atoms with Gasteiger partial charge >= 0.3 is 6.18 Å². The Hall–Kier alpha value is -4.98. The molecule has 226 valence electrons. The number of hydrogen-bond acceptors (Lipinski definition) is 3. The molecule has 0 atom stereocenters. The van der Waals surface area contributed by atoms with Crippen molar-refractivity contribution in [1.29, 1.82) is 0 Å². The monoisotopic (exact) mass is 652 g/mol. The maximum atomic E-state index is 13.6. The number of nitrogens with zero attached hydrogens (tertiary/aromatic N) is 2. The maximum absolute atomic E-state index is 13.6. The minimum absolute atomic E-state index is 0.615. The summed E-state index contributed by atoms with van der Waals surface area (Å²) in [7, 11) is 0. The Labute approximate surface area is 276 Å². The third-order valence-corrected chi connectivity index (χ3v) is 11.3. The standard InChI is InChI=1S/C40H23F3N2S2/c41-40(42,43)26-20-22-27(23-21-26)45-37-32-11-4-2-9-30(32)29-8-1-3-10-31(29)36(37)44-39(45)25-18-16-24(17-19-25)28-12-7-15-35-38(28)47-34-14-6-5-13-33(34)46-35/h1-23H. The Morgan fingerprint density at radius 3 is 1.79 bits per heavy atom. The Bertz CT molecular complexity index is 2500. The first-order chi connectivity index (χ1) is 22.9. The second-order valence-corrected chi connectivity index (χ2v) is 13.6. The van der Waals surface area contributed by atoms with Crippen LogP contribution >= 0.6 is 23.5 Å². The van der Waals surface area contributed by atoms with Gasteiger partial charge in [0.1, 0.15) is 5.82 Å². The smallest absolute Gasteiger partial charge is 0.292 e. The van der Waals surface area contributed by atoms with E-state index in [0.717, 1.165) is 61.4 Å². The zero-order valence-corrected chi connectivity index (χ0v) is 26.3. The summed E-state index contributed by atoms with van der Waals surface area (Å²) in [6, 6.07) is 44.9. The molecule has 1 aliphatic heterocycles. The summed E-state index contributed by atoms with van der Waals surface area (Å²) in [5.41, 5.74) is 4.72. The largest absolute Gasteiger partial charge is 0.416 e. The van der Waals surface area contributed by atoms with E-state index < -0.39 is 11.7 Å². The summed E-state index contributed by atoms with van der Waals surface area (Å²) in [5.74, 6) is 0.668. The van der Waals surface area contributed by atoms with Gasteiger partial charge in [-0.3, -0.25) is 4.57 Å². The zero-order chi connectivity index (χ0) is 31.7. The Morgan fingerprint density at radius 1 is 0.511 bits per heavy atom. The van der Waals surface area contributed by atoms with Gasteiger partial charge in [-0.05, 0) is 64.4 Å². The normalized spacial score (nSPS) is 12.8. The van der Waals surface area contributed by atoms with Crippen LogP contribution < -0.4 is 0 Å². The lowest BCUT2D eigenvalue weighted by Gasteiger charge is -2.21. The van der Waals surface area contributed by atoms with Gasteiger partial charge in [-0.25, -0.2) is 4.98 Å². The molecular weight excluding hydrogens is 630 g/mol. The molecule has 7 aromatic carbocycles. The summed E-state index contributed by atoms with van der Waals surface area (Å²) in [4.78, 5) is 10.2. The predicted molar refractivity (Wildman–Crippen MR) is 187 cm³/mol. The molecule has 2 heterocycles. The van der Waals surface area contributed by atoms with Crippen LogP contribution in [0.5, 0.6) is 0 Å². The second-order valence-electron chi connectivity index (χ2n) is 11.5. The van der Waals surface area contributed by atoms with Crippen LogP contribution in [0.4, 0.5) is 13.2 Å². The van der Waals surface area contributed by atoms with E-state index in [1.165, 1.54) is 31.7 Å². The highest BCUT2D eigenvalue weighted by molar-refractivity contribution is 8.05. The van der Waals surface area contributed by atoms with Gasteiger partial charge in [0.25, 0.3) is 0 Å². The van der Waals surface area contributed by atoms with E-state index >= 15 is 0 Å². The number of hydrogen-bond donors (Lipinski definition) is 0.